The van der Waals surface area contributed by atoms with Crippen LogP contribution in [0.4, 0.5) is 35.1 Å². The van der Waals surface area contributed by atoms with Crippen molar-refractivity contribution in [2.24, 2.45) is 5.92 Å². The fourth-order valence-corrected chi connectivity index (χ4v) is 2.62. The minimum atomic E-state index is -6.26. The van der Waals surface area contributed by atoms with E-state index in [1.54, 1.807) is 0 Å². The van der Waals surface area contributed by atoms with Crippen LogP contribution < -0.4 is 0 Å². The lowest BCUT2D eigenvalue weighted by atomic mass is 9.90. The fraction of sp³-hybridized carbons (Fsp3) is 1.00. The van der Waals surface area contributed by atoms with Gasteiger partial charge in [-0.3, -0.25) is 0 Å². The molecule has 10 heteroatoms. The third kappa shape index (κ3) is 6.73. The van der Waals surface area contributed by atoms with Crippen molar-refractivity contribution >= 4 is 0 Å². The Balaban J connectivity index is 5.12. The van der Waals surface area contributed by atoms with Gasteiger partial charge in [0.05, 0.1) is 0 Å². The summed E-state index contributed by atoms with van der Waals surface area (Å²) in [5.41, 5.74) is 0. The monoisotopic (exact) mass is 416 g/mol. The molecule has 2 N–H and O–H groups in total. The molecule has 0 heterocycles. The molecule has 0 aromatic rings. The highest BCUT2D eigenvalue weighted by molar-refractivity contribution is 5.03. The number of hydrogen-bond acceptors (Lipinski definition) is 2. The average molecular weight is 416 g/mol. The summed E-state index contributed by atoms with van der Waals surface area (Å²) in [5, 5.41) is 17.6. The van der Waals surface area contributed by atoms with Gasteiger partial charge in [0.25, 0.3) is 0 Å². The van der Waals surface area contributed by atoms with E-state index < -0.39 is 68.5 Å². The molecule has 0 radical (unpaired) electrons. The molecule has 0 aliphatic heterocycles. The summed E-state index contributed by atoms with van der Waals surface area (Å²) in [6.07, 6.45) is -2.95. The molecule has 164 valence electrons. The molecule has 0 aliphatic rings. The van der Waals surface area contributed by atoms with Crippen LogP contribution in [-0.2, 0) is 0 Å². The first kappa shape index (κ1) is 26.4. The Kier molecular flexibility index (Phi) is 10.5. The second-order valence-electron chi connectivity index (χ2n) is 6.82. The van der Waals surface area contributed by atoms with Gasteiger partial charge >= 0.3 is 23.7 Å². The first-order valence-corrected chi connectivity index (χ1v) is 9.03. The molecule has 2 nitrogen and oxygen atoms in total. The highest BCUT2D eigenvalue weighted by Gasteiger charge is 2.79. The van der Waals surface area contributed by atoms with Crippen LogP contribution in [0.15, 0.2) is 0 Å². The normalized spacial score (nSPS) is 15.2. The van der Waals surface area contributed by atoms with Crippen LogP contribution in [0.3, 0.4) is 0 Å². The number of aliphatic hydroxyl groups is 2. The van der Waals surface area contributed by atoms with Gasteiger partial charge in [0.1, 0.15) is 0 Å². The SMILES string of the molecule is CCCCCCCC(F)(F)C(F)(F)C(F)(F)C(F)(F)CCC(CO)CCO. The molecule has 0 aromatic heterocycles. The van der Waals surface area contributed by atoms with Gasteiger partial charge in [-0.25, -0.2) is 0 Å². The van der Waals surface area contributed by atoms with Gasteiger partial charge < -0.3 is 10.2 Å². The standard InChI is InChI=1S/C17H28F8O2/c1-2-3-4-5-6-9-14(18,19)16(22,23)17(24,25)15(20,21)10-7-13(12-27)8-11-26/h13,26-27H,2-12H2,1H3. The van der Waals surface area contributed by atoms with E-state index in [0.717, 1.165) is 6.42 Å². The maximum absolute atomic E-state index is 13.8. The summed E-state index contributed by atoms with van der Waals surface area (Å²) >= 11 is 0. The highest BCUT2D eigenvalue weighted by atomic mass is 19.4. The van der Waals surface area contributed by atoms with Crippen LogP contribution in [0.1, 0.15) is 64.7 Å². The van der Waals surface area contributed by atoms with E-state index in [4.69, 9.17) is 10.2 Å². The van der Waals surface area contributed by atoms with Gasteiger partial charge in [-0.05, 0) is 25.2 Å². The molecule has 0 fully saturated rings. The Labute approximate surface area is 153 Å². The zero-order valence-corrected chi connectivity index (χ0v) is 15.3. The van der Waals surface area contributed by atoms with Crippen LogP contribution in [0.2, 0.25) is 0 Å². The zero-order chi connectivity index (χ0) is 21.4. The number of rotatable bonds is 15. The Morgan fingerprint density at radius 2 is 1.15 bits per heavy atom. The summed E-state index contributed by atoms with van der Waals surface area (Å²) in [4.78, 5) is 0. The first-order valence-electron chi connectivity index (χ1n) is 9.03. The number of halogens is 8. The van der Waals surface area contributed by atoms with Crippen molar-refractivity contribution in [3.8, 4) is 0 Å². The lowest BCUT2D eigenvalue weighted by molar-refractivity contribution is -0.368. The Bertz CT molecular complexity index is 416. The lowest BCUT2D eigenvalue weighted by Gasteiger charge is -2.37. The molecule has 0 aliphatic carbocycles. The second kappa shape index (κ2) is 10.8. The third-order valence-electron chi connectivity index (χ3n) is 4.57. The Hall–Kier alpha value is -0.640. The minimum Gasteiger partial charge on any atom is -0.396 e. The molecule has 0 aromatic carbocycles. The zero-order valence-electron chi connectivity index (χ0n) is 15.3. The lowest BCUT2D eigenvalue weighted by Crippen LogP contribution is -2.62. The van der Waals surface area contributed by atoms with E-state index in [1.807, 2.05) is 6.92 Å². The highest BCUT2D eigenvalue weighted by Crippen LogP contribution is 2.55. The number of aliphatic hydroxyl groups excluding tert-OH is 2. The molecule has 0 spiro atoms. The van der Waals surface area contributed by atoms with Crippen molar-refractivity contribution in [2.75, 3.05) is 13.2 Å². The van der Waals surface area contributed by atoms with Gasteiger partial charge in [-0.2, -0.15) is 35.1 Å². The molecule has 0 saturated carbocycles. The van der Waals surface area contributed by atoms with Crippen molar-refractivity contribution in [3.63, 3.8) is 0 Å². The quantitative estimate of drug-likeness (QED) is 0.267. The molecule has 1 atom stereocenters. The second-order valence-corrected chi connectivity index (χ2v) is 6.82. The van der Waals surface area contributed by atoms with E-state index in [9.17, 15) is 35.1 Å². The van der Waals surface area contributed by atoms with Crippen molar-refractivity contribution in [3.05, 3.63) is 0 Å². The summed E-state index contributed by atoms with van der Waals surface area (Å²) in [6, 6.07) is 0. The summed E-state index contributed by atoms with van der Waals surface area (Å²) in [7, 11) is 0. The maximum atomic E-state index is 13.8. The van der Waals surface area contributed by atoms with E-state index in [0.29, 0.717) is 12.8 Å². The molecular weight excluding hydrogens is 388 g/mol. The van der Waals surface area contributed by atoms with Crippen molar-refractivity contribution in [1.29, 1.82) is 0 Å². The molecule has 0 bridgehead atoms. The minimum absolute atomic E-state index is 0.112. The van der Waals surface area contributed by atoms with Gasteiger partial charge in [-0.15, -0.1) is 0 Å². The molecule has 27 heavy (non-hydrogen) atoms. The molecular formula is C17H28F8O2. The largest absolute Gasteiger partial charge is 0.396 e. The summed E-state index contributed by atoms with van der Waals surface area (Å²) < 4.78 is 110. The van der Waals surface area contributed by atoms with Crippen molar-refractivity contribution < 1.29 is 45.3 Å². The van der Waals surface area contributed by atoms with Crippen LogP contribution in [0, 0.1) is 5.92 Å². The van der Waals surface area contributed by atoms with Gasteiger partial charge in [0.2, 0.25) is 0 Å². The van der Waals surface area contributed by atoms with E-state index in [2.05, 4.69) is 0 Å². The molecule has 1 unspecified atom stereocenters. The third-order valence-corrected chi connectivity index (χ3v) is 4.57. The fourth-order valence-electron chi connectivity index (χ4n) is 2.62. The first-order chi connectivity index (χ1) is 12.3. The number of hydrogen-bond donors (Lipinski definition) is 2. The van der Waals surface area contributed by atoms with Gasteiger partial charge in [-0.1, -0.05) is 32.6 Å². The van der Waals surface area contributed by atoms with Crippen LogP contribution >= 0.6 is 0 Å². The predicted molar refractivity (Wildman–Crippen MR) is 84.7 cm³/mol. The van der Waals surface area contributed by atoms with Crippen molar-refractivity contribution in [2.45, 2.75) is 88.4 Å². The maximum Gasteiger partial charge on any atom is 0.378 e. The van der Waals surface area contributed by atoms with Crippen LogP contribution in [-0.4, -0.2) is 47.1 Å². The smallest absolute Gasteiger partial charge is 0.378 e. The topological polar surface area (TPSA) is 40.5 Å². The van der Waals surface area contributed by atoms with Gasteiger partial charge in [0.15, 0.2) is 0 Å². The molecule has 0 rings (SSSR count). The van der Waals surface area contributed by atoms with E-state index in [1.165, 1.54) is 0 Å². The average Bonchev–Trinajstić information content (AvgIpc) is 2.57. The van der Waals surface area contributed by atoms with Gasteiger partial charge in [0, 0.05) is 26.1 Å². The Morgan fingerprint density at radius 1 is 0.667 bits per heavy atom. The summed E-state index contributed by atoms with van der Waals surface area (Å²) in [6.45, 7) is 0.569. The number of unbranched alkanes of at least 4 members (excludes halogenated alkanes) is 4. The van der Waals surface area contributed by atoms with E-state index >= 15 is 0 Å². The Morgan fingerprint density at radius 3 is 1.59 bits per heavy atom. The van der Waals surface area contributed by atoms with Crippen LogP contribution in [0.5, 0.6) is 0 Å². The molecule has 0 saturated heterocycles. The van der Waals surface area contributed by atoms with Crippen LogP contribution in [0.25, 0.3) is 0 Å². The number of alkyl halides is 8. The van der Waals surface area contributed by atoms with E-state index in [-0.39, 0.29) is 12.8 Å². The summed E-state index contributed by atoms with van der Waals surface area (Å²) in [5.74, 6) is -24.2. The predicted octanol–water partition coefficient (Wildman–Crippen LogP) is 5.66. The van der Waals surface area contributed by atoms with Crippen molar-refractivity contribution in [1.82, 2.24) is 0 Å². The molecule has 0 amide bonds.